The largest absolute Gasteiger partial charge is 0.473 e. The number of benzene rings is 1. The molecule has 0 amide bonds. The zero-order valence-electron chi connectivity index (χ0n) is 11.6. The van der Waals surface area contributed by atoms with Crippen LogP contribution in [-0.2, 0) is 0 Å². The van der Waals surface area contributed by atoms with Crippen molar-refractivity contribution < 1.29 is 9.84 Å². The molecular weight excluding hydrogens is 274 g/mol. The Balaban J connectivity index is 1.73. The summed E-state index contributed by atoms with van der Waals surface area (Å²) >= 11 is 1.09. The summed E-state index contributed by atoms with van der Waals surface area (Å²) in [5, 5.41) is 13.2. The van der Waals surface area contributed by atoms with Crippen LogP contribution >= 0.6 is 11.7 Å². The van der Waals surface area contributed by atoms with Crippen LogP contribution in [0, 0.1) is 6.92 Å². The Bertz CT molecular complexity index is 519. The average molecular weight is 293 g/mol. The van der Waals surface area contributed by atoms with E-state index in [0.717, 1.165) is 11.7 Å². The van der Waals surface area contributed by atoms with Gasteiger partial charge in [0, 0.05) is 12.6 Å². The Hall–Kier alpha value is -1.50. The standard InChI is InChI=1S/C14H19N3O2S/c1-10-4-3-5-12(6-10)11(2)15-7-13(18)9-19-14-8-16-20-17-14/h3-6,8,11,13,15,18H,7,9H2,1-2H3/t11-,13?/m1/s1. The molecule has 2 atom stereocenters. The number of aryl methyl sites for hydroxylation is 1. The maximum absolute atomic E-state index is 9.87. The van der Waals surface area contributed by atoms with E-state index < -0.39 is 6.10 Å². The minimum absolute atomic E-state index is 0.186. The van der Waals surface area contributed by atoms with E-state index in [9.17, 15) is 5.11 Å². The summed E-state index contributed by atoms with van der Waals surface area (Å²) in [6.45, 7) is 4.82. The zero-order chi connectivity index (χ0) is 14.4. The number of nitrogens with zero attached hydrogens (tertiary/aromatic N) is 2. The number of nitrogens with one attached hydrogen (secondary N) is 1. The first-order valence-corrected chi connectivity index (χ1v) is 7.26. The van der Waals surface area contributed by atoms with E-state index in [0.29, 0.717) is 12.4 Å². The number of hydrogen-bond acceptors (Lipinski definition) is 6. The fourth-order valence-electron chi connectivity index (χ4n) is 1.83. The van der Waals surface area contributed by atoms with Gasteiger partial charge >= 0.3 is 0 Å². The SMILES string of the molecule is Cc1cccc([C@@H](C)NCC(O)COc2cnsn2)c1. The summed E-state index contributed by atoms with van der Waals surface area (Å²) in [5.74, 6) is 0.459. The number of rotatable bonds is 7. The van der Waals surface area contributed by atoms with Crippen LogP contribution in [0.1, 0.15) is 24.1 Å². The zero-order valence-corrected chi connectivity index (χ0v) is 12.4. The van der Waals surface area contributed by atoms with E-state index in [1.807, 2.05) is 6.07 Å². The van der Waals surface area contributed by atoms with E-state index in [1.54, 1.807) is 6.20 Å². The Morgan fingerprint density at radius 3 is 3.00 bits per heavy atom. The van der Waals surface area contributed by atoms with E-state index in [1.165, 1.54) is 11.1 Å². The molecule has 0 aliphatic rings. The minimum Gasteiger partial charge on any atom is -0.473 e. The van der Waals surface area contributed by atoms with Crippen LogP contribution in [-0.4, -0.2) is 33.1 Å². The van der Waals surface area contributed by atoms with Crippen LogP contribution in [0.25, 0.3) is 0 Å². The number of hydrogen-bond donors (Lipinski definition) is 2. The van der Waals surface area contributed by atoms with Gasteiger partial charge in [0.2, 0.25) is 5.88 Å². The summed E-state index contributed by atoms with van der Waals surface area (Å²) in [6, 6.07) is 8.51. The maximum Gasteiger partial charge on any atom is 0.245 e. The Morgan fingerprint density at radius 1 is 1.45 bits per heavy atom. The first-order valence-electron chi connectivity index (χ1n) is 6.53. The Labute approximate surface area is 122 Å². The third kappa shape index (κ3) is 4.56. The van der Waals surface area contributed by atoms with E-state index >= 15 is 0 Å². The summed E-state index contributed by atoms with van der Waals surface area (Å²) < 4.78 is 13.1. The normalized spacial score (nSPS) is 13.9. The van der Waals surface area contributed by atoms with Gasteiger partial charge in [0.1, 0.15) is 18.9 Å². The van der Waals surface area contributed by atoms with Crippen molar-refractivity contribution in [3.63, 3.8) is 0 Å². The Kier molecular flexibility index (Phi) is 5.46. The van der Waals surface area contributed by atoms with Crippen LogP contribution in [0.5, 0.6) is 5.88 Å². The van der Waals surface area contributed by atoms with Gasteiger partial charge in [-0.25, -0.2) is 0 Å². The molecule has 0 saturated carbocycles. The van der Waals surface area contributed by atoms with E-state index in [4.69, 9.17) is 4.74 Å². The van der Waals surface area contributed by atoms with Crippen molar-refractivity contribution in [2.75, 3.05) is 13.2 Å². The third-order valence-electron chi connectivity index (χ3n) is 2.97. The highest BCUT2D eigenvalue weighted by Gasteiger charge is 2.10. The summed E-state index contributed by atoms with van der Waals surface area (Å²) in [4.78, 5) is 0. The molecule has 1 aromatic heterocycles. The van der Waals surface area contributed by atoms with Crippen molar-refractivity contribution in [1.29, 1.82) is 0 Å². The number of aliphatic hydroxyl groups excluding tert-OH is 1. The number of aromatic nitrogens is 2. The molecule has 0 bridgehead atoms. The van der Waals surface area contributed by atoms with Crippen LogP contribution in [0.15, 0.2) is 30.5 Å². The van der Waals surface area contributed by atoms with Gasteiger partial charge in [-0.05, 0) is 19.4 Å². The van der Waals surface area contributed by atoms with Crippen molar-refractivity contribution in [3.05, 3.63) is 41.6 Å². The first-order chi connectivity index (χ1) is 9.65. The summed E-state index contributed by atoms with van der Waals surface area (Å²) in [7, 11) is 0. The molecule has 5 nitrogen and oxygen atoms in total. The quantitative estimate of drug-likeness (QED) is 0.816. The lowest BCUT2D eigenvalue weighted by atomic mass is 10.1. The number of aliphatic hydroxyl groups is 1. The molecule has 108 valence electrons. The van der Waals surface area contributed by atoms with Gasteiger partial charge in [-0.15, -0.1) is 4.37 Å². The van der Waals surface area contributed by atoms with Crippen molar-refractivity contribution in [2.45, 2.75) is 26.0 Å². The molecule has 6 heteroatoms. The molecular formula is C14H19N3O2S. The number of ether oxygens (including phenoxy) is 1. The molecule has 1 unspecified atom stereocenters. The highest BCUT2D eigenvalue weighted by atomic mass is 32.1. The van der Waals surface area contributed by atoms with E-state index in [2.05, 4.69) is 46.1 Å². The van der Waals surface area contributed by atoms with Gasteiger partial charge in [-0.2, -0.15) is 4.37 Å². The van der Waals surface area contributed by atoms with Gasteiger partial charge in [-0.1, -0.05) is 29.8 Å². The second kappa shape index (κ2) is 7.33. The van der Waals surface area contributed by atoms with Gasteiger partial charge < -0.3 is 15.2 Å². The molecule has 2 N–H and O–H groups in total. The monoisotopic (exact) mass is 293 g/mol. The van der Waals surface area contributed by atoms with Crippen molar-refractivity contribution in [2.24, 2.45) is 0 Å². The minimum atomic E-state index is -0.580. The molecule has 0 fully saturated rings. The van der Waals surface area contributed by atoms with Crippen molar-refractivity contribution in [1.82, 2.24) is 14.1 Å². The predicted octanol–water partition coefficient (Wildman–Crippen LogP) is 1.94. The van der Waals surface area contributed by atoms with E-state index in [-0.39, 0.29) is 12.6 Å². The molecule has 0 radical (unpaired) electrons. The second-order valence-electron chi connectivity index (χ2n) is 4.75. The highest BCUT2D eigenvalue weighted by molar-refractivity contribution is 6.99. The predicted molar refractivity (Wildman–Crippen MR) is 79.0 cm³/mol. The molecule has 2 aromatic rings. The lowest BCUT2D eigenvalue weighted by Crippen LogP contribution is -2.33. The third-order valence-corrected chi connectivity index (χ3v) is 3.43. The van der Waals surface area contributed by atoms with Crippen LogP contribution < -0.4 is 10.1 Å². The molecule has 1 aromatic carbocycles. The fraction of sp³-hybridized carbons (Fsp3) is 0.429. The molecule has 2 rings (SSSR count). The van der Waals surface area contributed by atoms with Gasteiger partial charge in [-0.3, -0.25) is 0 Å². The molecule has 0 aliphatic heterocycles. The average Bonchev–Trinajstić information content (AvgIpc) is 2.95. The molecule has 1 heterocycles. The maximum atomic E-state index is 9.87. The Morgan fingerprint density at radius 2 is 2.30 bits per heavy atom. The topological polar surface area (TPSA) is 67.3 Å². The molecule has 0 aliphatic carbocycles. The summed E-state index contributed by atoms with van der Waals surface area (Å²) in [6.07, 6.45) is 0.962. The fourth-order valence-corrected chi connectivity index (χ4v) is 2.20. The second-order valence-corrected chi connectivity index (χ2v) is 5.31. The van der Waals surface area contributed by atoms with Gasteiger partial charge in [0.05, 0.1) is 11.7 Å². The van der Waals surface area contributed by atoms with Gasteiger partial charge in [0.15, 0.2) is 0 Å². The van der Waals surface area contributed by atoms with Crippen molar-refractivity contribution >= 4 is 11.7 Å². The van der Waals surface area contributed by atoms with Crippen LogP contribution in [0.3, 0.4) is 0 Å². The van der Waals surface area contributed by atoms with Gasteiger partial charge in [0.25, 0.3) is 0 Å². The first kappa shape index (κ1) is 14.9. The lowest BCUT2D eigenvalue weighted by Gasteiger charge is -2.17. The lowest BCUT2D eigenvalue weighted by molar-refractivity contribution is 0.102. The van der Waals surface area contributed by atoms with Crippen LogP contribution in [0.2, 0.25) is 0 Å². The highest BCUT2D eigenvalue weighted by Crippen LogP contribution is 2.13. The van der Waals surface area contributed by atoms with Crippen molar-refractivity contribution in [3.8, 4) is 5.88 Å². The van der Waals surface area contributed by atoms with Crippen LogP contribution in [0.4, 0.5) is 0 Å². The summed E-state index contributed by atoms with van der Waals surface area (Å²) in [5.41, 5.74) is 2.44. The molecule has 20 heavy (non-hydrogen) atoms. The molecule has 0 spiro atoms. The smallest absolute Gasteiger partial charge is 0.245 e. The molecule has 0 saturated heterocycles.